The van der Waals surface area contributed by atoms with Crippen LogP contribution >= 0.6 is 0 Å². The Labute approximate surface area is 102 Å². The Kier molecular flexibility index (Phi) is 3.47. The van der Waals surface area contributed by atoms with Gasteiger partial charge in [0.05, 0.1) is 12.6 Å². The highest BCUT2D eigenvalue weighted by Gasteiger charge is 2.13. The smallest absolute Gasteiger partial charge is 0.266 e. The lowest BCUT2D eigenvalue weighted by atomic mass is 10.1. The van der Waals surface area contributed by atoms with Gasteiger partial charge in [-0.05, 0) is 12.1 Å². The molecule has 1 atom stereocenters. The highest BCUT2D eigenvalue weighted by Crippen LogP contribution is 2.16. The van der Waals surface area contributed by atoms with Gasteiger partial charge in [0.2, 0.25) is 0 Å². The summed E-state index contributed by atoms with van der Waals surface area (Å²) in [6.45, 7) is 0.0300. The number of rotatable bonds is 3. The molecule has 0 aliphatic rings. The average Bonchev–Trinajstić information content (AvgIpc) is 2.32. The SMILES string of the molecule is NC(Cn1ncccc1=O)c1ccc(F)cc1F. The molecule has 94 valence electrons. The number of hydrogen-bond donors (Lipinski definition) is 1. The normalized spacial score (nSPS) is 12.4. The third kappa shape index (κ3) is 2.60. The lowest BCUT2D eigenvalue weighted by Crippen LogP contribution is -2.28. The molecule has 6 heteroatoms. The molecule has 0 aliphatic carbocycles. The van der Waals surface area contributed by atoms with E-state index in [1.807, 2.05) is 0 Å². The van der Waals surface area contributed by atoms with Crippen LogP contribution in [0.15, 0.2) is 41.3 Å². The number of benzene rings is 1. The van der Waals surface area contributed by atoms with E-state index in [0.29, 0.717) is 0 Å². The average molecular weight is 251 g/mol. The zero-order valence-corrected chi connectivity index (χ0v) is 9.38. The van der Waals surface area contributed by atoms with Crippen molar-refractivity contribution < 1.29 is 8.78 Å². The summed E-state index contributed by atoms with van der Waals surface area (Å²) in [5, 5.41) is 3.82. The number of halogens is 2. The van der Waals surface area contributed by atoms with E-state index in [1.165, 1.54) is 24.4 Å². The van der Waals surface area contributed by atoms with Crippen molar-refractivity contribution in [3.63, 3.8) is 0 Å². The number of nitrogens with two attached hydrogens (primary N) is 1. The Bertz CT molecular complexity index is 612. The second-order valence-electron chi connectivity index (χ2n) is 3.82. The highest BCUT2D eigenvalue weighted by atomic mass is 19.1. The van der Waals surface area contributed by atoms with Gasteiger partial charge < -0.3 is 5.73 Å². The second kappa shape index (κ2) is 5.05. The molecule has 0 saturated carbocycles. The Hall–Kier alpha value is -2.08. The number of aromatic nitrogens is 2. The van der Waals surface area contributed by atoms with Crippen LogP contribution in [-0.2, 0) is 6.54 Å². The van der Waals surface area contributed by atoms with Crippen molar-refractivity contribution in [2.75, 3.05) is 0 Å². The van der Waals surface area contributed by atoms with E-state index in [9.17, 15) is 13.6 Å². The molecule has 0 fully saturated rings. The molecule has 0 spiro atoms. The zero-order valence-electron chi connectivity index (χ0n) is 9.38. The molecule has 0 saturated heterocycles. The van der Waals surface area contributed by atoms with Crippen molar-refractivity contribution in [3.8, 4) is 0 Å². The van der Waals surface area contributed by atoms with Gasteiger partial charge >= 0.3 is 0 Å². The predicted molar refractivity (Wildman–Crippen MR) is 61.8 cm³/mol. The summed E-state index contributed by atoms with van der Waals surface area (Å²) >= 11 is 0. The standard InChI is InChI=1S/C12H11F2N3O/c13-8-3-4-9(10(14)6-8)11(15)7-17-12(18)2-1-5-16-17/h1-6,11H,7,15H2. The van der Waals surface area contributed by atoms with Gasteiger partial charge in [-0.1, -0.05) is 6.07 Å². The van der Waals surface area contributed by atoms with E-state index >= 15 is 0 Å². The molecule has 0 bridgehead atoms. The summed E-state index contributed by atoms with van der Waals surface area (Å²) in [7, 11) is 0. The Morgan fingerprint density at radius 1 is 1.33 bits per heavy atom. The van der Waals surface area contributed by atoms with Gasteiger partial charge in [-0.25, -0.2) is 13.5 Å². The molecule has 4 nitrogen and oxygen atoms in total. The van der Waals surface area contributed by atoms with Crippen molar-refractivity contribution in [1.29, 1.82) is 0 Å². The minimum atomic E-state index is -0.766. The van der Waals surface area contributed by atoms with E-state index in [0.717, 1.165) is 16.8 Å². The molecule has 1 unspecified atom stereocenters. The fourth-order valence-corrected chi connectivity index (χ4v) is 1.61. The first-order valence-corrected chi connectivity index (χ1v) is 5.30. The summed E-state index contributed by atoms with van der Waals surface area (Å²) < 4.78 is 27.4. The maximum Gasteiger partial charge on any atom is 0.266 e. The molecule has 2 N–H and O–H groups in total. The van der Waals surface area contributed by atoms with Crippen LogP contribution in [-0.4, -0.2) is 9.78 Å². The summed E-state index contributed by atoms with van der Waals surface area (Å²) in [5.74, 6) is -1.40. The fourth-order valence-electron chi connectivity index (χ4n) is 1.61. The van der Waals surface area contributed by atoms with Crippen LogP contribution in [0.3, 0.4) is 0 Å². The summed E-state index contributed by atoms with van der Waals surface area (Å²) in [6.07, 6.45) is 1.44. The van der Waals surface area contributed by atoms with Crippen LogP contribution in [0.25, 0.3) is 0 Å². The van der Waals surface area contributed by atoms with Gasteiger partial charge in [0.25, 0.3) is 5.56 Å². The summed E-state index contributed by atoms with van der Waals surface area (Å²) in [4.78, 5) is 11.4. The third-order valence-corrected chi connectivity index (χ3v) is 2.52. The first-order chi connectivity index (χ1) is 8.58. The van der Waals surface area contributed by atoms with Gasteiger partial charge in [-0.2, -0.15) is 5.10 Å². The summed E-state index contributed by atoms with van der Waals surface area (Å²) in [6, 6.07) is 5.22. The van der Waals surface area contributed by atoms with Crippen LogP contribution < -0.4 is 11.3 Å². The van der Waals surface area contributed by atoms with Crippen molar-refractivity contribution in [2.45, 2.75) is 12.6 Å². The molecule has 0 aliphatic heterocycles. The van der Waals surface area contributed by atoms with Crippen molar-refractivity contribution >= 4 is 0 Å². The zero-order chi connectivity index (χ0) is 13.1. The number of nitrogens with zero attached hydrogens (tertiary/aromatic N) is 2. The van der Waals surface area contributed by atoms with Gasteiger partial charge in [0, 0.05) is 23.9 Å². The van der Waals surface area contributed by atoms with Crippen LogP contribution in [0.5, 0.6) is 0 Å². The maximum atomic E-state index is 13.5. The molecule has 0 amide bonds. The molecule has 1 aromatic carbocycles. The molecule has 1 aromatic heterocycles. The molecule has 0 radical (unpaired) electrons. The summed E-state index contributed by atoms with van der Waals surface area (Å²) in [5.41, 5.74) is 5.61. The quantitative estimate of drug-likeness (QED) is 0.892. The predicted octanol–water partition coefficient (Wildman–Crippen LogP) is 1.22. The van der Waals surface area contributed by atoms with Crippen LogP contribution in [0.4, 0.5) is 8.78 Å². The highest BCUT2D eigenvalue weighted by molar-refractivity contribution is 5.21. The monoisotopic (exact) mass is 251 g/mol. The Balaban J connectivity index is 2.25. The largest absolute Gasteiger partial charge is 0.322 e. The van der Waals surface area contributed by atoms with Crippen LogP contribution in [0.2, 0.25) is 0 Å². The topological polar surface area (TPSA) is 60.9 Å². The molecular formula is C12H11F2N3O. The van der Waals surface area contributed by atoms with E-state index in [1.54, 1.807) is 0 Å². The van der Waals surface area contributed by atoms with Crippen molar-refractivity contribution in [2.24, 2.45) is 5.73 Å². The minimum absolute atomic E-state index is 0.0300. The fraction of sp³-hybridized carbons (Fsp3) is 0.167. The van der Waals surface area contributed by atoms with Crippen molar-refractivity contribution in [3.05, 3.63) is 64.1 Å². The van der Waals surface area contributed by atoms with E-state index in [-0.39, 0.29) is 17.7 Å². The van der Waals surface area contributed by atoms with Gasteiger partial charge in [-0.15, -0.1) is 0 Å². The van der Waals surface area contributed by atoms with E-state index < -0.39 is 17.7 Å². The number of hydrogen-bond acceptors (Lipinski definition) is 3. The van der Waals surface area contributed by atoms with Gasteiger partial charge in [0.1, 0.15) is 11.6 Å². The molecule has 2 aromatic rings. The third-order valence-electron chi connectivity index (χ3n) is 2.52. The molecular weight excluding hydrogens is 240 g/mol. The lowest BCUT2D eigenvalue weighted by Gasteiger charge is -2.13. The van der Waals surface area contributed by atoms with Crippen LogP contribution in [0, 0.1) is 11.6 Å². The first-order valence-electron chi connectivity index (χ1n) is 5.30. The van der Waals surface area contributed by atoms with Gasteiger partial charge in [0.15, 0.2) is 0 Å². The molecule has 2 rings (SSSR count). The maximum absolute atomic E-state index is 13.5. The lowest BCUT2D eigenvalue weighted by molar-refractivity contribution is 0.480. The first kappa shape index (κ1) is 12.4. The molecule has 1 heterocycles. The van der Waals surface area contributed by atoms with Gasteiger partial charge in [-0.3, -0.25) is 4.79 Å². The second-order valence-corrected chi connectivity index (χ2v) is 3.82. The molecule has 18 heavy (non-hydrogen) atoms. The Morgan fingerprint density at radius 3 is 2.78 bits per heavy atom. The minimum Gasteiger partial charge on any atom is -0.322 e. The van der Waals surface area contributed by atoms with E-state index in [4.69, 9.17) is 5.73 Å². The van der Waals surface area contributed by atoms with E-state index in [2.05, 4.69) is 5.10 Å². The van der Waals surface area contributed by atoms with Crippen molar-refractivity contribution in [1.82, 2.24) is 9.78 Å². The Morgan fingerprint density at radius 2 is 2.11 bits per heavy atom. The van der Waals surface area contributed by atoms with Crippen LogP contribution in [0.1, 0.15) is 11.6 Å².